The summed E-state index contributed by atoms with van der Waals surface area (Å²) in [4.78, 5) is 0. The van der Waals surface area contributed by atoms with E-state index < -0.39 is 0 Å². The molecule has 0 saturated carbocycles. The minimum Gasteiger partial charge on any atom is -0.376 e. The molecule has 1 N–H and O–H groups in total. The number of nitrogens with one attached hydrogen (secondary N) is 1. The van der Waals surface area contributed by atoms with E-state index in [0.29, 0.717) is 11.3 Å². The molecule has 0 saturated heterocycles. The second-order valence-corrected chi connectivity index (χ2v) is 6.70. The van der Waals surface area contributed by atoms with Gasteiger partial charge in [0.05, 0.1) is 5.60 Å². The fraction of sp³-hybridized carbons (Fsp3) is 1.00. The van der Waals surface area contributed by atoms with Gasteiger partial charge in [-0.2, -0.15) is 0 Å². The van der Waals surface area contributed by atoms with Crippen molar-refractivity contribution in [3.8, 4) is 0 Å². The van der Waals surface area contributed by atoms with E-state index in [9.17, 15) is 0 Å². The lowest BCUT2D eigenvalue weighted by Crippen LogP contribution is -2.38. The quantitative estimate of drug-likeness (QED) is 0.654. The molecule has 2 heteroatoms. The van der Waals surface area contributed by atoms with Gasteiger partial charge in [-0.05, 0) is 51.5 Å². The van der Waals surface area contributed by atoms with Gasteiger partial charge in [-0.3, -0.25) is 0 Å². The number of hydrogen-bond donors (Lipinski definition) is 1. The first-order chi connectivity index (χ1) is 7.71. The van der Waals surface area contributed by atoms with E-state index in [-0.39, 0.29) is 5.60 Å². The van der Waals surface area contributed by atoms with E-state index in [2.05, 4.69) is 53.8 Å². The third-order valence-corrected chi connectivity index (χ3v) is 3.56. The zero-order valence-electron chi connectivity index (χ0n) is 13.0. The highest BCUT2D eigenvalue weighted by Gasteiger charge is 2.28. The van der Waals surface area contributed by atoms with Crippen LogP contribution in [0.1, 0.15) is 61.3 Å². The molecule has 0 rings (SSSR count). The minimum atomic E-state index is -0.0191. The molecule has 0 amide bonds. The van der Waals surface area contributed by atoms with Gasteiger partial charge in [0.15, 0.2) is 0 Å². The van der Waals surface area contributed by atoms with Crippen LogP contribution in [-0.4, -0.2) is 25.3 Å². The zero-order chi connectivity index (χ0) is 13.5. The van der Waals surface area contributed by atoms with Crippen molar-refractivity contribution < 1.29 is 4.74 Å². The molecule has 0 aromatic carbocycles. The van der Waals surface area contributed by atoms with Gasteiger partial charge >= 0.3 is 0 Å². The van der Waals surface area contributed by atoms with Crippen LogP contribution in [0.4, 0.5) is 0 Å². The fourth-order valence-corrected chi connectivity index (χ4v) is 1.72. The van der Waals surface area contributed by atoms with Gasteiger partial charge in [0.25, 0.3) is 0 Å². The lowest BCUT2D eigenvalue weighted by atomic mass is 9.76. The van der Waals surface area contributed by atoms with Gasteiger partial charge in [-0.25, -0.2) is 0 Å². The van der Waals surface area contributed by atoms with Gasteiger partial charge in [0.1, 0.15) is 0 Å². The highest BCUT2D eigenvalue weighted by Crippen LogP contribution is 2.30. The third kappa shape index (κ3) is 7.77. The van der Waals surface area contributed by atoms with Crippen molar-refractivity contribution in [1.29, 1.82) is 0 Å². The van der Waals surface area contributed by atoms with Crippen molar-refractivity contribution >= 4 is 0 Å². The van der Waals surface area contributed by atoms with E-state index >= 15 is 0 Å². The van der Waals surface area contributed by atoms with Gasteiger partial charge in [-0.15, -0.1) is 0 Å². The maximum Gasteiger partial charge on any atom is 0.0598 e. The lowest BCUT2D eigenvalue weighted by molar-refractivity contribution is -0.0224. The molecule has 0 aromatic rings. The van der Waals surface area contributed by atoms with Gasteiger partial charge in [-0.1, -0.05) is 27.7 Å². The molecule has 1 unspecified atom stereocenters. The van der Waals surface area contributed by atoms with Crippen LogP contribution >= 0.6 is 0 Å². The monoisotopic (exact) mass is 243 g/mol. The Morgan fingerprint density at radius 3 is 2.12 bits per heavy atom. The molecule has 0 aliphatic heterocycles. The molecular weight excluding hydrogens is 210 g/mol. The van der Waals surface area contributed by atoms with Crippen LogP contribution in [0.15, 0.2) is 0 Å². The molecule has 0 radical (unpaired) electrons. The largest absolute Gasteiger partial charge is 0.376 e. The van der Waals surface area contributed by atoms with Crippen LogP contribution in [0.2, 0.25) is 0 Å². The normalized spacial score (nSPS) is 16.2. The van der Waals surface area contributed by atoms with Crippen molar-refractivity contribution in [2.24, 2.45) is 11.3 Å². The Balaban J connectivity index is 4.12. The molecule has 0 heterocycles. The first-order valence-corrected chi connectivity index (χ1v) is 7.06. The van der Waals surface area contributed by atoms with Crippen LogP contribution in [0.3, 0.4) is 0 Å². The summed E-state index contributed by atoms with van der Waals surface area (Å²) in [5.41, 5.74) is 0.315. The Morgan fingerprint density at radius 2 is 1.71 bits per heavy atom. The van der Waals surface area contributed by atoms with Gasteiger partial charge < -0.3 is 10.1 Å². The molecule has 2 nitrogen and oxygen atoms in total. The summed E-state index contributed by atoms with van der Waals surface area (Å²) in [6.07, 6.45) is 2.32. The van der Waals surface area contributed by atoms with E-state index in [1.807, 2.05) is 0 Å². The Hall–Kier alpha value is -0.0800. The van der Waals surface area contributed by atoms with Crippen molar-refractivity contribution in [3.05, 3.63) is 0 Å². The molecule has 0 bridgehead atoms. The highest BCUT2D eigenvalue weighted by molar-refractivity contribution is 4.80. The van der Waals surface area contributed by atoms with Crippen molar-refractivity contribution in [2.45, 2.75) is 66.9 Å². The Bertz CT molecular complexity index is 196. The lowest BCUT2D eigenvalue weighted by Gasteiger charge is -2.35. The Morgan fingerprint density at radius 1 is 1.12 bits per heavy atom. The topological polar surface area (TPSA) is 21.3 Å². The van der Waals surface area contributed by atoms with Crippen LogP contribution in [0.5, 0.6) is 0 Å². The summed E-state index contributed by atoms with van der Waals surface area (Å²) in [6, 6.07) is 0. The summed E-state index contributed by atoms with van der Waals surface area (Å²) in [5, 5.41) is 3.55. The minimum absolute atomic E-state index is 0.0191. The van der Waals surface area contributed by atoms with Gasteiger partial charge in [0, 0.05) is 13.2 Å². The molecule has 0 aliphatic rings. The highest BCUT2D eigenvalue weighted by atomic mass is 16.5. The predicted molar refractivity (Wildman–Crippen MR) is 76.4 cm³/mol. The molecule has 0 aliphatic carbocycles. The molecule has 104 valence electrons. The van der Waals surface area contributed by atoms with Crippen LogP contribution in [-0.2, 0) is 4.74 Å². The summed E-state index contributed by atoms with van der Waals surface area (Å²) < 4.78 is 5.85. The smallest absolute Gasteiger partial charge is 0.0598 e. The number of rotatable bonds is 8. The average Bonchev–Trinajstić information content (AvgIpc) is 2.15. The van der Waals surface area contributed by atoms with Gasteiger partial charge in [0.2, 0.25) is 0 Å². The third-order valence-electron chi connectivity index (χ3n) is 3.56. The summed E-state index contributed by atoms with van der Waals surface area (Å²) in [5.74, 6) is 0.676. The van der Waals surface area contributed by atoms with Crippen LogP contribution in [0, 0.1) is 11.3 Å². The molecule has 0 spiro atoms. The number of hydrogen-bond acceptors (Lipinski definition) is 2. The van der Waals surface area contributed by atoms with Crippen molar-refractivity contribution in [1.82, 2.24) is 5.32 Å². The van der Waals surface area contributed by atoms with Crippen LogP contribution in [0.25, 0.3) is 0 Å². The van der Waals surface area contributed by atoms with Crippen molar-refractivity contribution in [2.75, 3.05) is 19.7 Å². The maximum absolute atomic E-state index is 5.85. The first kappa shape index (κ1) is 16.9. The maximum atomic E-state index is 5.85. The van der Waals surface area contributed by atoms with E-state index in [0.717, 1.165) is 26.1 Å². The Labute approximate surface area is 109 Å². The van der Waals surface area contributed by atoms with Crippen LogP contribution < -0.4 is 5.32 Å². The SMILES string of the molecule is CCCNCC(C)(CCOC(C)(C)C)C(C)C. The molecular formula is C15H33NO. The fourth-order valence-electron chi connectivity index (χ4n) is 1.72. The molecule has 1 atom stereocenters. The zero-order valence-corrected chi connectivity index (χ0v) is 13.0. The summed E-state index contributed by atoms with van der Waals surface area (Å²) >= 11 is 0. The predicted octanol–water partition coefficient (Wildman–Crippen LogP) is 3.85. The second kappa shape index (κ2) is 7.38. The Kier molecular flexibility index (Phi) is 7.34. The average molecular weight is 243 g/mol. The summed E-state index contributed by atoms with van der Waals surface area (Å²) in [6.45, 7) is 18.6. The van der Waals surface area contributed by atoms with Crippen molar-refractivity contribution in [3.63, 3.8) is 0 Å². The van der Waals surface area contributed by atoms with E-state index in [4.69, 9.17) is 4.74 Å². The second-order valence-electron chi connectivity index (χ2n) is 6.70. The van der Waals surface area contributed by atoms with E-state index in [1.54, 1.807) is 0 Å². The summed E-state index contributed by atoms with van der Waals surface area (Å²) in [7, 11) is 0. The molecule has 17 heavy (non-hydrogen) atoms. The molecule has 0 aromatic heterocycles. The number of ether oxygens (including phenoxy) is 1. The first-order valence-electron chi connectivity index (χ1n) is 7.06. The molecule has 0 fully saturated rings. The van der Waals surface area contributed by atoms with E-state index in [1.165, 1.54) is 6.42 Å². The standard InChI is InChI=1S/C15H33NO/c1-8-10-16-12-15(7,13(2)3)9-11-17-14(4,5)6/h13,16H,8-12H2,1-7H3.